The van der Waals surface area contributed by atoms with Crippen molar-refractivity contribution in [2.75, 3.05) is 6.61 Å². The predicted octanol–water partition coefficient (Wildman–Crippen LogP) is 2.87. The van der Waals surface area contributed by atoms with Gasteiger partial charge in [0.15, 0.2) is 4.73 Å². The summed E-state index contributed by atoms with van der Waals surface area (Å²) in [5.41, 5.74) is 0. The van der Waals surface area contributed by atoms with Gasteiger partial charge in [0, 0.05) is 15.4 Å². The van der Waals surface area contributed by atoms with Crippen LogP contribution < -0.4 is 0 Å². The van der Waals surface area contributed by atoms with Gasteiger partial charge >= 0.3 is 0 Å². The third-order valence-electron chi connectivity index (χ3n) is 1.82. The van der Waals surface area contributed by atoms with Gasteiger partial charge in [0.25, 0.3) is 0 Å². The zero-order valence-corrected chi connectivity index (χ0v) is 12.7. The predicted molar refractivity (Wildman–Crippen MR) is 67.3 cm³/mol. The van der Waals surface area contributed by atoms with Gasteiger partial charge in [-0.2, -0.15) is 0 Å². The summed E-state index contributed by atoms with van der Waals surface area (Å²) in [5, 5.41) is 0. The Morgan fingerprint density at radius 1 is 1.50 bits per heavy atom. The van der Waals surface area contributed by atoms with Crippen molar-refractivity contribution in [3.05, 3.63) is 15.5 Å². The molecule has 6 heteroatoms. The summed E-state index contributed by atoms with van der Waals surface area (Å²) in [6.45, 7) is 6.06. The standard InChI is InChI=1S/C8H14Br2N2OSi/c1-14(2)4-3-13-6-12-7(9)5-11-8(12)10/h5,14H,3-4,6H2,1-2H3. The fourth-order valence-corrected chi connectivity index (χ4v) is 2.57. The van der Waals surface area contributed by atoms with Gasteiger partial charge in [0.1, 0.15) is 11.3 Å². The first kappa shape index (κ1) is 12.4. The molecule has 0 unspecified atom stereocenters. The molecule has 0 atom stereocenters. The SMILES string of the molecule is C[SiH](C)CCOCn1c(Br)cnc1Br. The molecule has 0 saturated carbocycles. The normalized spacial score (nSPS) is 11.2. The number of halogens is 2. The first-order valence-corrected chi connectivity index (χ1v) is 9.26. The maximum Gasteiger partial charge on any atom is 0.179 e. The second-order valence-electron chi connectivity index (χ2n) is 3.50. The third-order valence-corrected chi connectivity index (χ3v) is 4.47. The van der Waals surface area contributed by atoms with Crippen molar-refractivity contribution in [1.29, 1.82) is 0 Å². The Morgan fingerprint density at radius 3 is 2.71 bits per heavy atom. The summed E-state index contributed by atoms with van der Waals surface area (Å²) < 4.78 is 9.21. The van der Waals surface area contributed by atoms with Crippen molar-refractivity contribution in [3.63, 3.8) is 0 Å². The van der Waals surface area contributed by atoms with Crippen molar-refractivity contribution < 1.29 is 4.74 Å². The van der Waals surface area contributed by atoms with E-state index < -0.39 is 8.80 Å². The zero-order valence-electron chi connectivity index (χ0n) is 8.33. The van der Waals surface area contributed by atoms with E-state index >= 15 is 0 Å². The van der Waals surface area contributed by atoms with Gasteiger partial charge in [0.05, 0.1) is 6.20 Å². The van der Waals surface area contributed by atoms with E-state index in [-0.39, 0.29) is 0 Å². The van der Waals surface area contributed by atoms with E-state index in [1.54, 1.807) is 6.20 Å². The van der Waals surface area contributed by atoms with Crippen LogP contribution in [0.4, 0.5) is 0 Å². The van der Waals surface area contributed by atoms with Crippen LogP contribution in [-0.4, -0.2) is 25.0 Å². The number of imidazole rings is 1. The number of hydrogen-bond donors (Lipinski definition) is 0. The van der Waals surface area contributed by atoms with Gasteiger partial charge < -0.3 is 4.74 Å². The van der Waals surface area contributed by atoms with Crippen LogP contribution in [0.3, 0.4) is 0 Å². The highest BCUT2D eigenvalue weighted by Gasteiger charge is 2.04. The molecule has 0 aliphatic heterocycles. The summed E-state index contributed by atoms with van der Waals surface area (Å²) in [6, 6.07) is 1.23. The van der Waals surface area contributed by atoms with E-state index in [1.165, 1.54) is 6.04 Å². The molecule has 0 N–H and O–H groups in total. The second kappa shape index (κ2) is 6.04. The molecule has 0 fully saturated rings. The molecule has 0 amide bonds. The largest absolute Gasteiger partial charge is 0.361 e. The van der Waals surface area contributed by atoms with Crippen LogP contribution >= 0.6 is 31.9 Å². The minimum atomic E-state index is -0.479. The van der Waals surface area contributed by atoms with Crippen molar-refractivity contribution in [2.24, 2.45) is 0 Å². The minimum Gasteiger partial charge on any atom is -0.361 e. The Morgan fingerprint density at radius 2 is 2.21 bits per heavy atom. The Bertz CT molecular complexity index is 271. The summed E-state index contributed by atoms with van der Waals surface area (Å²) in [5.74, 6) is 0. The summed E-state index contributed by atoms with van der Waals surface area (Å²) in [7, 11) is -0.479. The van der Waals surface area contributed by atoms with Gasteiger partial charge in [0.2, 0.25) is 0 Å². The molecular formula is C8H14Br2N2OSi. The molecule has 3 nitrogen and oxygen atoms in total. The number of rotatable bonds is 5. The quantitative estimate of drug-likeness (QED) is 0.608. The van der Waals surface area contributed by atoms with Crippen LogP contribution in [0.1, 0.15) is 0 Å². The average Bonchev–Trinajstić information content (AvgIpc) is 2.42. The Labute approximate surface area is 103 Å². The average molecular weight is 342 g/mol. The lowest BCUT2D eigenvalue weighted by Crippen LogP contribution is -2.08. The van der Waals surface area contributed by atoms with E-state index in [4.69, 9.17) is 4.74 Å². The van der Waals surface area contributed by atoms with E-state index in [0.717, 1.165) is 15.9 Å². The second-order valence-corrected chi connectivity index (χ2v) is 8.38. The fraction of sp³-hybridized carbons (Fsp3) is 0.625. The molecule has 1 aromatic heterocycles. The lowest BCUT2D eigenvalue weighted by Gasteiger charge is -2.08. The lowest BCUT2D eigenvalue weighted by atomic mass is 10.8. The molecule has 80 valence electrons. The summed E-state index contributed by atoms with van der Waals surface area (Å²) in [4.78, 5) is 4.09. The topological polar surface area (TPSA) is 27.1 Å². The summed E-state index contributed by atoms with van der Waals surface area (Å²) in [6.07, 6.45) is 1.75. The number of hydrogen-bond acceptors (Lipinski definition) is 2. The van der Waals surface area contributed by atoms with E-state index in [0.29, 0.717) is 6.73 Å². The van der Waals surface area contributed by atoms with Gasteiger partial charge in [-0.1, -0.05) is 13.1 Å². The minimum absolute atomic E-state index is 0.479. The molecule has 0 aliphatic carbocycles. The van der Waals surface area contributed by atoms with Gasteiger partial charge in [-0.05, 0) is 37.9 Å². The number of aromatic nitrogens is 2. The molecule has 0 aromatic carbocycles. The van der Waals surface area contributed by atoms with Crippen molar-refractivity contribution in [3.8, 4) is 0 Å². The van der Waals surface area contributed by atoms with Crippen molar-refractivity contribution in [1.82, 2.24) is 9.55 Å². The molecule has 1 aromatic rings. The number of nitrogens with zero attached hydrogens (tertiary/aromatic N) is 2. The van der Waals surface area contributed by atoms with Gasteiger partial charge in [-0.15, -0.1) is 0 Å². The van der Waals surface area contributed by atoms with Crippen LogP contribution in [0.2, 0.25) is 19.1 Å². The first-order chi connectivity index (χ1) is 6.61. The maximum atomic E-state index is 5.55. The molecule has 0 radical (unpaired) electrons. The molecule has 0 saturated heterocycles. The van der Waals surface area contributed by atoms with Crippen molar-refractivity contribution >= 4 is 40.7 Å². The van der Waals surface area contributed by atoms with Crippen LogP contribution in [0.25, 0.3) is 0 Å². The van der Waals surface area contributed by atoms with Gasteiger partial charge in [-0.3, -0.25) is 4.57 Å². The highest BCUT2D eigenvalue weighted by molar-refractivity contribution is 9.11. The Balaban J connectivity index is 2.31. The molecular weight excluding hydrogens is 328 g/mol. The zero-order chi connectivity index (χ0) is 10.6. The van der Waals surface area contributed by atoms with E-state index in [9.17, 15) is 0 Å². The monoisotopic (exact) mass is 340 g/mol. The Hall–Kier alpha value is 0.347. The smallest absolute Gasteiger partial charge is 0.179 e. The van der Waals surface area contributed by atoms with E-state index in [2.05, 4.69) is 49.9 Å². The molecule has 0 aliphatic rings. The van der Waals surface area contributed by atoms with Crippen LogP contribution in [-0.2, 0) is 11.5 Å². The van der Waals surface area contributed by atoms with Crippen LogP contribution in [0, 0.1) is 0 Å². The number of ether oxygens (including phenoxy) is 1. The molecule has 0 spiro atoms. The Kier molecular flexibility index (Phi) is 5.36. The highest BCUT2D eigenvalue weighted by Crippen LogP contribution is 2.16. The molecule has 1 heterocycles. The summed E-state index contributed by atoms with van der Waals surface area (Å²) >= 11 is 6.75. The van der Waals surface area contributed by atoms with Crippen LogP contribution in [0.5, 0.6) is 0 Å². The third kappa shape index (κ3) is 3.84. The van der Waals surface area contributed by atoms with Gasteiger partial charge in [-0.25, -0.2) is 4.98 Å². The molecule has 14 heavy (non-hydrogen) atoms. The van der Waals surface area contributed by atoms with Crippen LogP contribution in [0.15, 0.2) is 15.5 Å². The lowest BCUT2D eigenvalue weighted by molar-refractivity contribution is 0.0845. The van der Waals surface area contributed by atoms with E-state index in [1.807, 2.05) is 4.57 Å². The first-order valence-electron chi connectivity index (χ1n) is 4.55. The molecule has 0 bridgehead atoms. The highest BCUT2D eigenvalue weighted by atomic mass is 79.9. The van der Waals surface area contributed by atoms with Crippen molar-refractivity contribution in [2.45, 2.75) is 25.9 Å². The fourth-order valence-electron chi connectivity index (χ4n) is 0.924. The molecule has 1 rings (SSSR count). The maximum absolute atomic E-state index is 5.55.